The maximum absolute atomic E-state index is 13.5. The predicted octanol–water partition coefficient (Wildman–Crippen LogP) is 4.63. The van der Waals surface area contributed by atoms with E-state index in [1.165, 1.54) is 18.4 Å². The fourth-order valence-corrected chi connectivity index (χ4v) is 3.69. The fraction of sp³-hybridized carbons (Fsp3) is 0.364. The van der Waals surface area contributed by atoms with Crippen LogP contribution in [0.2, 0.25) is 0 Å². The third-order valence-electron chi connectivity index (χ3n) is 5.19. The van der Waals surface area contributed by atoms with Gasteiger partial charge >= 0.3 is 0 Å². The summed E-state index contributed by atoms with van der Waals surface area (Å²) in [6.45, 7) is 5.79. The number of aromatic nitrogens is 2. The summed E-state index contributed by atoms with van der Waals surface area (Å²) in [6.07, 6.45) is 6.61. The van der Waals surface area contributed by atoms with Crippen molar-refractivity contribution in [2.45, 2.75) is 39.5 Å². The smallest absolute Gasteiger partial charge is 0.273 e. The number of aryl methyl sites for hydroxylation is 2. The van der Waals surface area contributed by atoms with Crippen LogP contribution in [0.3, 0.4) is 0 Å². The molecule has 1 saturated heterocycles. The van der Waals surface area contributed by atoms with Crippen molar-refractivity contribution in [2.75, 3.05) is 13.1 Å². The number of amides is 1. The molecule has 3 aromatic rings. The minimum atomic E-state index is 0.0978. The molecule has 0 N–H and O–H groups in total. The molecule has 4 rings (SSSR count). The first kappa shape index (κ1) is 16.8. The third kappa shape index (κ3) is 3.12. The van der Waals surface area contributed by atoms with E-state index < -0.39 is 0 Å². The van der Waals surface area contributed by atoms with Gasteiger partial charge in [-0.15, -0.1) is 0 Å². The van der Waals surface area contributed by atoms with Gasteiger partial charge in [0.2, 0.25) is 0 Å². The monoisotopic (exact) mass is 347 g/mol. The Morgan fingerprint density at radius 3 is 2.23 bits per heavy atom. The molecule has 1 aromatic carbocycles. The highest BCUT2D eigenvalue weighted by molar-refractivity contribution is 5.99. The van der Waals surface area contributed by atoms with Crippen molar-refractivity contribution in [1.82, 2.24) is 14.3 Å². The number of imidazole rings is 1. The van der Waals surface area contributed by atoms with E-state index in [9.17, 15) is 4.79 Å². The molecule has 0 saturated carbocycles. The summed E-state index contributed by atoms with van der Waals surface area (Å²) in [6, 6.07) is 12.3. The lowest BCUT2D eigenvalue weighted by Crippen LogP contribution is -2.33. The SMILES string of the molecule is Cc1ccc(-c2nc3ccc(C)cn3c2C(=O)N2CCCCCC2)cc1. The number of nitrogens with zero attached hydrogens (tertiary/aromatic N) is 3. The molecular formula is C22H25N3O. The van der Waals surface area contributed by atoms with Crippen molar-refractivity contribution in [2.24, 2.45) is 0 Å². The largest absolute Gasteiger partial charge is 0.337 e. The standard InChI is InChI=1S/C22H25N3O/c1-16-7-10-18(11-8-16)20-21(22(26)24-13-5-3-4-6-14-24)25-15-17(2)9-12-19(25)23-20/h7-12,15H,3-6,13-14H2,1-2H3. The van der Waals surface area contributed by atoms with Crippen molar-refractivity contribution in [3.8, 4) is 11.3 Å². The van der Waals surface area contributed by atoms with E-state index >= 15 is 0 Å². The normalized spacial score (nSPS) is 15.2. The second kappa shape index (κ2) is 6.94. The maximum atomic E-state index is 13.5. The van der Waals surface area contributed by atoms with E-state index in [0.29, 0.717) is 5.69 Å². The molecule has 4 nitrogen and oxygen atoms in total. The zero-order valence-electron chi connectivity index (χ0n) is 15.5. The van der Waals surface area contributed by atoms with Gasteiger partial charge in [-0.25, -0.2) is 4.98 Å². The van der Waals surface area contributed by atoms with Crippen molar-refractivity contribution < 1.29 is 4.79 Å². The van der Waals surface area contributed by atoms with E-state index in [4.69, 9.17) is 4.98 Å². The topological polar surface area (TPSA) is 37.6 Å². The molecular weight excluding hydrogens is 322 g/mol. The van der Waals surface area contributed by atoms with Crippen LogP contribution in [0.25, 0.3) is 16.9 Å². The lowest BCUT2D eigenvalue weighted by atomic mass is 10.1. The molecule has 134 valence electrons. The van der Waals surface area contributed by atoms with Crippen LogP contribution < -0.4 is 0 Å². The highest BCUT2D eigenvalue weighted by Gasteiger charge is 2.25. The van der Waals surface area contributed by atoms with Gasteiger partial charge in [-0.2, -0.15) is 0 Å². The number of rotatable bonds is 2. The van der Waals surface area contributed by atoms with Gasteiger partial charge in [0.15, 0.2) is 0 Å². The molecule has 0 unspecified atom stereocenters. The van der Waals surface area contributed by atoms with Crippen molar-refractivity contribution in [3.63, 3.8) is 0 Å². The van der Waals surface area contributed by atoms with Crippen LogP contribution >= 0.6 is 0 Å². The number of pyridine rings is 1. The maximum Gasteiger partial charge on any atom is 0.273 e. The van der Waals surface area contributed by atoms with Crippen LogP contribution in [0, 0.1) is 13.8 Å². The van der Waals surface area contributed by atoms with E-state index in [-0.39, 0.29) is 5.91 Å². The second-order valence-corrected chi connectivity index (χ2v) is 7.32. The molecule has 26 heavy (non-hydrogen) atoms. The average Bonchev–Trinajstić information content (AvgIpc) is 2.81. The second-order valence-electron chi connectivity index (χ2n) is 7.32. The molecule has 0 atom stereocenters. The molecule has 0 spiro atoms. The minimum Gasteiger partial charge on any atom is -0.337 e. The molecule has 0 aliphatic carbocycles. The Morgan fingerprint density at radius 1 is 0.885 bits per heavy atom. The minimum absolute atomic E-state index is 0.0978. The fourth-order valence-electron chi connectivity index (χ4n) is 3.69. The van der Waals surface area contributed by atoms with Crippen LogP contribution in [0.4, 0.5) is 0 Å². The molecule has 1 fully saturated rings. The number of likely N-dealkylation sites (tertiary alicyclic amines) is 1. The van der Waals surface area contributed by atoms with Crippen LogP contribution in [0.5, 0.6) is 0 Å². The van der Waals surface area contributed by atoms with Crippen LogP contribution in [-0.2, 0) is 0 Å². The number of hydrogen-bond acceptors (Lipinski definition) is 2. The van der Waals surface area contributed by atoms with E-state index in [0.717, 1.165) is 48.4 Å². The summed E-state index contributed by atoms with van der Waals surface area (Å²) >= 11 is 0. The number of fused-ring (bicyclic) bond motifs is 1. The molecule has 2 aromatic heterocycles. The molecule has 4 heteroatoms. The average molecular weight is 347 g/mol. The molecule has 1 amide bonds. The first-order chi connectivity index (χ1) is 12.6. The van der Waals surface area contributed by atoms with E-state index in [1.807, 2.05) is 34.6 Å². The first-order valence-electron chi connectivity index (χ1n) is 9.48. The number of hydrogen-bond donors (Lipinski definition) is 0. The van der Waals surface area contributed by atoms with Crippen LogP contribution in [0.15, 0.2) is 42.6 Å². The Labute approximate surface area is 154 Å². The Kier molecular flexibility index (Phi) is 4.49. The molecule has 1 aliphatic heterocycles. The van der Waals surface area contributed by atoms with Crippen molar-refractivity contribution in [3.05, 3.63) is 59.4 Å². The summed E-state index contributed by atoms with van der Waals surface area (Å²) in [4.78, 5) is 20.3. The Hall–Kier alpha value is -2.62. The zero-order valence-corrected chi connectivity index (χ0v) is 15.5. The van der Waals surface area contributed by atoms with Gasteiger partial charge in [-0.3, -0.25) is 9.20 Å². The quantitative estimate of drug-likeness (QED) is 0.677. The summed E-state index contributed by atoms with van der Waals surface area (Å²) in [5.41, 5.74) is 5.61. The summed E-state index contributed by atoms with van der Waals surface area (Å²) in [5, 5.41) is 0. The van der Waals surface area contributed by atoms with E-state index in [1.54, 1.807) is 0 Å². The first-order valence-corrected chi connectivity index (χ1v) is 9.48. The van der Waals surface area contributed by atoms with Gasteiger partial charge in [-0.05, 0) is 38.3 Å². The van der Waals surface area contributed by atoms with Gasteiger partial charge in [0, 0.05) is 24.8 Å². The predicted molar refractivity (Wildman–Crippen MR) is 104 cm³/mol. The highest BCUT2D eigenvalue weighted by atomic mass is 16.2. The van der Waals surface area contributed by atoms with Crippen LogP contribution in [0.1, 0.15) is 47.3 Å². The molecule has 0 bridgehead atoms. The van der Waals surface area contributed by atoms with Gasteiger partial charge in [0.1, 0.15) is 17.0 Å². The summed E-state index contributed by atoms with van der Waals surface area (Å²) in [5.74, 6) is 0.0978. The Balaban J connectivity index is 1.87. The van der Waals surface area contributed by atoms with Gasteiger partial charge < -0.3 is 4.90 Å². The van der Waals surface area contributed by atoms with Gasteiger partial charge in [0.05, 0.1) is 0 Å². The zero-order chi connectivity index (χ0) is 18.1. The molecule has 0 radical (unpaired) electrons. The van der Waals surface area contributed by atoms with E-state index in [2.05, 4.69) is 31.2 Å². The molecule has 3 heterocycles. The lowest BCUT2D eigenvalue weighted by Gasteiger charge is -2.20. The number of carbonyl (C=O) groups excluding carboxylic acids is 1. The Bertz CT molecular complexity index is 932. The lowest BCUT2D eigenvalue weighted by molar-refractivity contribution is 0.0755. The van der Waals surface area contributed by atoms with Crippen molar-refractivity contribution >= 4 is 11.6 Å². The summed E-state index contributed by atoms with van der Waals surface area (Å²) in [7, 11) is 0. The highest BCUT2D eigenvalue weighted by Crippen LogP contribution is 2.27. The number of benzene rings is 1. The third-order valence-corrected chi connectivity index (χ3v) is 5.19. The van der Waals surface area contributed by atoms with Gasteiger partial charge in [-0.1, -0.05) is 48.7 Å². The molecule has 1 aliphatic rings. The Morgan fingerprint density at radius 2 is 1.54 bits per heavy atom. The van der Waals surface area contributed by atoms with Crippen LogP contribution in [-0.4, -0.2) is 33.3 Å². The van der Waals surface area contributed by atoms with Gasteiger partial charge in [0.25, 0.3) is 5.91 Å². The summed E-state index contributed by atoms with van der Waals surface area (Å²) < 4.78 is 1.97. The van der Waals surface area contributed by atoms with Crippen molar-refractivity contribution in [1.29, 1.82) is 0 Å². The number of carbonyl (C=O) groups is 1.